The van der Waals surface area contributed by atoms with E-state index in [1.807, 2.05) is 6.92 Å². The van der Waals surface area contributed by atoms with E-state index in [1.54, 1.807) is 4.90 Å². The van der Waals surface area contributed by atoms with Crippen LogP contribution in [0.4, 0.5) is 0 Å². The Hall–Kier alpha value is -0.640. The van der Waals surface area contributed by atoms with Gasteiger partial charge in [-0.2, -0.15) is 0 Å². The van der Waals surface area contributed by atoms with Gasteiger partial charge in [0.25, 0.3) is 0 Å². The minimum Gasteiger partial charge on any atom is -0.392 e. The van der Waals surface area contributed by atoms with Crippen molar-refractivity contribution in [3.05, 3.63) is 0 Å². The van der Waals surface area contributed by atoms with E-state index in [1.165, 1.54) is 25.7 Å². The highest BCUT2D eigenvalue weighted by atomic mass is 32.1. The number of thiocarbonyl (C=S) groups is 1. The van der Waals surface area contributed by atoms with Gasteiger partial charge in [-0.3, -0.25) is 4.79 Å². The van der Waals surface area contributed by atoms with Crippen molar-refractivity contribution < 1.29 is 4.79 Å². The second-order valence-electron chi connectivity index (χ2n) is 4.51. The van der Waals surface area contributed by atoms with Crippen LogP contribution in [0.2, 0.25) is 0 Å². The maximum Gasteiger partial charge on any atom is 0.226 e. The topological polar surface area (TPSA) is 46.3 Å². The van der Waals surface area contributed by atoms with Gasteiger partial charge in [-0.15, -0.1) is 0 Å². The fraction of sp³-hybridized carbons (Fsp3) is 0.833. The van der Waals surface area contributed by atoms with Crippen LogP contribution in [0.25, 0.3) is 0 Å². The van der Waals surface area contributed by atoms with Crippen LogP contribution in [0.3, 0.4) is 0 Å². The van der Waals surface area contributed by atoms with Gasteiger partial charge < -0.3 is 10.6 Å². The summed E-state index contributed by atoms with van der Waals surface area (Å²) in [4.78, 5) is 14.4. The standard InChI is InChI=1S/C12H22N2OS/c1-2-14(9-11(13)16)12(15)10-7-5-3-4-6-8-10/h10H,2-9H2,1H3,(H2,13,16). The van der Waals surface area contributed by atoms with Gasteiger partial charge in [-0.25, -0.2) is 0 Å². The number of carbonyl (C=O) groups excluding carboxylic acids is 1. The van der Waals surface area contributed by atoms with Crippen molar-refractivity contribution in [2.45, 2.75) is 45.4 Å². The van der Waals surface area contributed by atoms with E-state index in [-0.39, 0.29) is 11.8 Å². The lowest BCUT2D eigenvalue weighted by Crippen LogP contribution is -2.40. The number of amides is 1. The van der Waals surface area contributed by atoms with Gasteiger partial charge in [0.2, 0.25) is 5.91 Å². The molecule has 0 radical (unpaired) electrons. The fourth-order valence-electron chi connectivity index (χ4n) is 2.32. The molecule has 0 spiro atoms. The molecule has 1 rings (SSSR count). The van der Waals surface area contributed by atoms with Crippen LogP contribution in [0.1, 0.15) is 45.4 Å². The summed E-state index contributed by atoms with van der Waals surface area (Å²) in [5.74, 6) is 0.453. The van der Waals surface area contributed by atoms with Gasteiger partial charge in [0, 0.05) is 12.5 Å². The Balaban J connectivity index is 2.54. The van der Waals surface area contributed by atoms with Crippen molar-refractivity contribution in [2.75, 3.05) is 13.1 Å². The highest BCUT2D eigenvalue weighted by molar-refractivity contribution is 7.80. The molecule has 1 amide bonds. The van der Waals surface area contributed by atoms with Crippen LogP contribution < -0.4 is 5.73 Å². The fourth-order valence-corrected chi connectivity index (χ4v) is 2.47. The Kier molecular flexibility index (Phi) is 5.74. The molecular formula is C12H22N2OS. The monoisotopic (exact) mass is 242 g/mol. The first-order valence-electron chi connectivity index (χ1n) is 6.22. The first kappa shape index (κ1) is 13.4. The summed E-state index contributed by atoms with van der Waals surface area (Å²) in [6.07, 6.45) is 6.97. The maximum atomic E-state index is 12.2. The number of likely N-dealkylation sites (N-methyl/N-ethyl adjacent to an activating group) is 1. The molecule has 0 heterocycles. The summed E-state index contributed by atoms with van der Waals surface area (Å²) in [6, 6.07) is 0. The highest BCUT2D eigenvalue weighted by Crippen LogP contribution is 2.24. The molecule has 1 aliphatic carbocycles. The van der Waals surface area contributed by atoms with Crippen LogP contribution in [-0.2, 0) is 4.79 Å². The van der Waals surface area contributed by atoms with Gasteiger partial charge in [-0.05, 0) is 19.8 Å². The van der Waals surface area contributed by atoms with Crippen molar-refractivity contribution in [3.63, 3.8) is 0 Å². The van der Waals surface area contributed by atoms with Crippen LogP contribution in [0.5, 0.6) is 0 Å². The van der Waals surface area contributed by atoms with Gasteiger partial charge >= 0.3 is 0 Å². The van der Waals surface area contributed by atoms with E-state index < -0.39 is 0 Å². The van der Waals surface area contributed by atoms with Crippen molar-refractivity contribution in [3.8, 4) is 0 Å². The Morgan fingerprint density at radius 1 is 1.31 bits per heavy atom. The molecule has 0 atom stereocenters. The smallest absolute Gasteiger partial charge is 0.226 e. The van der Waals surface area contributed by atoms with Gasteiger partial charge in [0.1, 0.15) is 0 Å². The summed E-state index contributed by atoms with van der Waals surface area (Å²) in [6.45, 7) is 3.11. The van der Waals surface area contributed by atoms with Gasteiger partial charge in [0.15, 0.2) is 0 Å². The lowest BCUT2D eigenvalue weighted by molar-refractivity contribution is -0.135. The first-order valence-corrected chi connectivity index (χ1v) is 6.63. The highest BCUT2D eigenvalue weighted by Gasteiger charge is 2.24. The third-order valence-electron chi connectivity index (χ3n) is 3.24. The quantitative estimate of drug-likeness (QED) is 0.606. The molecule has 3 nitrogen and oxygen atoms in total. The molecule has 0 saturated heterocycles. The molecule has 0 bridgehead atoms. The zero-order chi connectivity index (χ0) is 12.0. The molecule has 0 aromatic heterocycles. The average molecular weight is 242 g/mol. The summed E-state index contributed by atoms with van der Waals surface area (Å²) in [5, 5.41) is 0. The van der Waals surface area contributed by atoms with Gasteiger partial charge in [-0.1, -0.05) is 37.9 Å². The second kappa shape index (κ2) is 6.84. The van der Waals surface area contributed by atoms with E-state index >= 15 is 0 Å². The normalized spacial score (nSPS) is 17.8. The molecule has 0 unspecified atom stereocenters. The Labute approximate surface area is 103 Å². The molecule has 1 fully saturated rings. The molecule has 1 aliphatic rings. The molecule has 92 valence electrons. The van der Waals surface area contributed by atoms with E-state index in [0.29, 0.717) is 18.1 Å². The number of nitrogens with two attached hydrogens (primary N) is 1. The van der Waals surface area contributed by atoms with E-state index in [0.717, 1.165) is 12.8 Å². The Morgan fingerprint density at radius 3 is 2.31 bits per heavy atom. The Bertz CT molecular complexity index is 247. The first-order chi connectivity index (χ1) is 7.65. The zero-order valence-corrected chi connectivity index (χ0v) is 10.9. The van der Waals surface area contributed by atoms with Crippen molar-refractivity contribution in [1.82, 2.24) is 4.90 Å². The summed E-state index contributed by atoms with van der Waals surface area (Å²) < 4.78 is 0. The molecular weight excluding hydrogens is 220 g/mol. The lowest BCUT2D eigenvalue weighted by Gasteiger charge is -2.25. The molecule has 0 aliphatic heterocycles. The van der Waals surface area contributed by atoms with Crippen LogP contribution in [-0.4, -0.2) is 28.9 Å². The molecule has 0 aromatic rings. The minimum absolute atomic E-state index is 0.205. The number of nitrogens with zero attached hydrogens (tertiary/aromatic N) is 1. The largest absolute Gasteiger partial charge is 0.392 e. The lowest BCUT2D eigenvalue weighted by atomic mass is 9.98. The van der Waals surface area contributed by atoms with E-state index in [2.05, 4.69) is 0 Å². The number of hydrogen-bond acceptors (Lipinski definition) is 2. The average Bonchev–Trinajstić information content (AvgIpc) is 2.53. The van der Waals surface area contributed by atoms with E-state index in [4.69, 9.17) is 18.0 Å². The number of rotatable bonds is 4. The summed E-state index contributed by atoms with van der Waals surface area (Å²) >= 11 is 4.87. The van der Waals surface area contributed by atoms with Crippen molar-refractivity contribution in [2.24, 2.45) is 11.7 Å². The SMILES string of the molecule is CCN(CC(N)=S)C(=O)C1CCCCCC1. The molecule has 2 N–H and O–H groups in total. The van der Waals surface area contributed by atoms with E-state index in [9.17, 15) is 4.79 Å². The number of carbonyl (C=O) groups is 1. The van der Waals surface area contributed by atoms with Crippen LogP contribution in [0, 0.1) is 5.92 Å². The minimum atomic E-state index is 0.205. The second-order valence-corrected chi connectivity index (χ2v) is 5.03. The Morgan fingerprint density at radius 2 is 1.88 bits per heavy atom. The molecule has 4 heteroatoms. The van der Waals surface area contributed by atoms with Crippen molar-refractivity contribution >= 4 is 23.1 Å². The maximum absolute atomic E-state index is 12.2. The molecule has 1 saturated carbocycles. The van der Waals surface area contributed by atoms with Crippen molar-refractivity contribution in [1.29, 1.82) is 0 Å². The zero-order valence-electron chi connectivity index (χ0n) is 10.1. The van der Waals surface area contributed by atoms with Crippen LogP contribution in [0.15, 0.2) is 0 Å². The summed E-state index contributed by atoms with van der Waals surface area (Å²) in [5.41, 5.74) is 5.50. The van der Waals surface area contributed by atoms with Gasteiger partial charge in [0.05, 0.1) is 11.5 Å². The predicted molar refractivity (Wildman–Crippen MR) is 70.2 cm³/mol. The van der Waals surface area contributed by atoms with Crippen LogP contribution >= 0.6 is 12.2 Å². The number of hydrogen-bond donors (Lipinski definition) is 1. The third kappa shape index (κ3) is 4.08. The predicted octanol–water partition coefficient (Wildman–Crippen LogP) is 2.09. The third-order valence-corrected chi connectivity index (χ3v) is 3.37. The molecule has 16 heavy (non-hydrogen) atoms. The molecule has 0 aromatic carbocycles. The summed E-state index contributed by atoms with van der Waals surface area (Å²) in [7, 11) is 0.